The molecule has 0 saturated carbocycles. The minimum atomic E-state index is -0.170. The normalized spacial score (nSPS) is 12.0. The highest BCUT2D eigenvalue weighted by Gasteiger charge is 2.23. The van der Waals surface area contributed by atoms with Crippen molar-refractivity contribution in [2.24, 2.45) is 0 Å². The van der Waals surface area contributed by atoms with E-state index in [-0.39, 0.29) is 11.2 Å². The number of fused-ring (bicyclic) bond motifs is 1. The molecule has 132 valence electrons. The van der Waals surface area contributed by atoms with Gasteiger partial charge in [0.2, 0.25) is 0 Å². The third-order valence-electron chi connectivity index (χ3n) is 4.33. The smallest absolute Gasteiger partial charge is 0.146 e. The van der Waals surface area contributed by atoms with Gasteiger partial charge >= 0.3 is 0 Å². The van der Waals surface area contributed by atoms with Crippen molar-refractivity contribution >= 4 is 22.6 Å². The van der Waals surface area contributed by atoms with Gasteiger partial charge in [0.05, 0.1) is 0 Å². The highest BCUT2D eigenvalue weighted by atomic mass is 35.5. The van der Waals surface area contributed by atoms with Crippen LogP contribution < -0.4 is 0 Å². The number of aryl methyl sites for hydroxylation is 1. The second-order valence-corrected chi connectivity index (χ2v) is 7.92. The van der Waals surface area contributed by atoms with Crippen LogP contribution >= 0.6 is 11.6 Å². The molecule has 4 nitrogen and oxygen atoms in total. The predicted molar refractivity (Wildman–Crippen MR) is 103 cm³/mol. The van der Waals surface area contributed by atoms with Crippen molar-refractivity contribution in [3.63, 3.8) is 0 Å². The van der Waals surface area contributed by atoms with Crippen molar-refractivity contribution in [2.75, 3.05) is 0 Å². The number of phenolic OH excluding ortho intramolecular Hbond substituents is 1. The molecule has 1 heterocycles. The topological polar surface area (TPSA) is 50.9 Å². The largest absolute Gasteiger partial charge is 0.505 e. The summed E-state index contributed by atoms with van der Waals surface area (Å²) in [5.41, 5.74) is 4.01. The Kier molecular flexibility index (Phi) is 4.74. The molecule has 3 aromatic rings. The van der Waals surface area contributed by atoms with Crippen LogP contribution in [0, 0.1) is 0 Å². The summed E-state index contributed by atoms with van der Waals surface area (Å²) < 4.78 is 0. The quantitative estimate of drug-likeness (QED) is 0.678. The number of halogens is 1. The molecule has 0 aliphatic heterocycles. The Balaban J connectivity index is 2.18. The summed E-state index contributed by atoms with van der Waals surface area (Å²) >= 11 is 6.05. The van der Waals surface area contributed by atoms with E-state index in [1.54, 1.807) is 12.1 Å². The van der Waals surface area contributed by atoms with Gasteiger partial charge in [0, 0.05) is 10.6 Å². The van der Waals surface area contributed by atoms with Crippen molar-refractivity contribution < 1.29 is 5.11 Å². The fraction of sp³-hybridized carbons (Fsp3) is 0.400. The molecule has 0 unspecified atom stereocenters. The fourth-order valence-electron chi connectivity index (χ4n) is 2.92. The standard InChI is InChI=1S/C20H24ClN3O/c1-5-6-7-13-10-15(20(2,3)4)19(25)18(11-13)24-22-16-9-8-14(21)12-17(16)23-24/h8-12,25H,5-7H2,1-4H3. The second kappa shape index (κ2) is 6.68. The number of hydrogen-bond donors (Lipinski definition) is 1. The molecule has 25 heavy (non-hydrogen) atoms. The first-order chi connectivity index (χ1) is 11.8. The highest BCUT2D eigenvalue weighted by Crippen LogP contribution is 2.36. The average molecular weight is 358 g/mol. The minimum absolute atomic E-state index is 0.170. The summed E-state index contributed by atoms with van der Waals surface area (Å²) in [7, 11) is 0. The monoisotopic (exact) mass is 357 g/mol. The first kappa shape index (κ1) is 17.7. The van der Waals surface area contributed by atoms with Crippen LogP contribution in [0.2, 0.25) is 5.02 Å². The maximum atomic E-state index is 10.9. The third kappa shape index (κ3) is 3.64. The molecule has 0 amide bonds. The first-order valence-electron chi connectivity index (χ1n) is 8.69. The summed E-state index contributed by atoms with van der Waals surface area (Å²) in [5.74, 6) is 0.235. The number of phenols is 1. The average Bonchev–Trinajstić information content (AvgIpc) is 2.95. The van der Waals surface area contributed by atoms with Gasteiger partial charge in [-0.15, -0.1) is 15.0 Å². The number of aromatic hydroxyl groups is 1. The lowest BCUT2D eigenvalue weighted by molar-refractivity contribution is 0.440. The van der Waals surface area contributed by atoms with E-state index in [2.05, 4.69) is 44.0 Å². The third-order valence-corrected chi connectivity index (χ3v) is 4.57. The summed E-state index contributed by atoms with van der Waals surface area (Å²) in [6.07, 6.45) is 3.21. The SMILES string of the molecule is CCCCc1cc(-n2nc3ccc(Cl)cc3n2)c(O)c(C(C)(C)C)c1. The number of benzene rings is 2. The van der Waals surface area contributed by atoms with E-state index in [0.717, 1.165) is 30.3 Å². The van der Waals surface area contributed by atoms with Crippen LogP contribution in [0.1, 0.15) is 51.7 Å². The van der Waals surface area contributed by atoms with Crippen LogP contribution in [-0.4, -0.2) is 20.1 Å². The molecule has 2 aromatic carbocycles. The lowest BCUT2D eigenvalue weighted by Crippen LogP contribution is -2.14. The van der Waals surface area contributed by atoms with Crippen LogP contribution in [0.5, 0.6) is 5.75 Å². The van der Waals surface area contributed by atoms with E-state index in [9.17, 15) is 5.11 Å². The minimum Gasteiger partial charge on any atom is -0.505 e. The van der Waals surface area contributed by atoms with Crippen molar-refractivity contribution in [1.82, 2.24) is 15.0 Å². The van der Waals surface area contributed by atoms with Crippen LogP contribution in [0.25, 0.3) is 16.7 Å². The fourth-order valence-corrected chi connectivity index (χ4v) is 3.09. The molecular weight excluding hydrogens is 334 g/mol. The molecule has 0 fully saturated rings. The number of unbranched alkanes of at least 4 members (excludes halogenated alkanes) is 1. The maximum absolute atomic E-state index is 10.9. The van der Waals surface area contributed by atoms with Gasteiger partial charge in [0.25, 0.3) is 0 Å². The lowest BCUT2D eigenvalue weighted by atomic mass is 9.84. The summed E-state index contributed by atoms with van der Waals surface area (Å²) in [5, 5.41) is 20.5. The zero-order chi connectivity index (χ0) is 18.2. The Morgan fingerprint density at radius 1 is 1.08 bits per heavy atom. The van der Waals surface area contributed by atoms with Gasteiger partial charge in [-0.1, -0.05) is 51.8 Å². The van der Waals surface area contributed by atoms with Gasteiger partial charge in [-0.2, -0.15) is 0 Å². The van der Waals surface area contributed by atoms with Crippen LogP contribution in [0.4, 0.5) is 0 Å². The number of hydrogen-bond acceptors (Lipinski definition) is 3. The van der Waals surface area contributed by atoms with E-state index in [1.165, 1.54) is 10.4 Å². The number of aromatic nitrogens is 3. The van der Waals surface area contributed by atoms with Crippen molar-refractivity contribution in [3.8, 4) is 11.4 Å². The lowest BCUT2D eigenvalue weighted by Gasteiger charge is -2.23. The molecule has 3 rings (SSSR count). The maximum Gasteiger partial charge on any atom is 0.146 e. The Bertz CT molecular complexity index is 909. The molecule has 0 bridgehead atoms. The summed E-state index contributed by atoms with van der Waals surface area (Å²) in [6, 6.07) is 9.50. The molecule has 0 spiro atoms. The molecule has 1 aromatic heterocycles. The molecule has 0 aliphatic carbocycles. The van der Waals surface area contributed by atoms with E-state index >= 15 is 0 Å². The molecule has 0 aliphatic rings. The molecular formula is C20H24ClN3O. The summed E-state index contributed by atoms with van der Waals surface area (Å²) in [4.78, 5) is 1.51. The van der Waals surface area contributed by atoms with Gasteiger partial charge in [0.15, 0.2) is 0 Å². The van der Waals surface area contributed by atoms with Gasteiger partial charge in [-0.05, 0) is 48.1 Å². The molecule has 0 atom stereocenters. The van der Waals surface area contributed by atoms with Crippen LogP contribution in [-0.2, 0) is 11.8 Å². The predicted octanol–water partition coefficient (Wildman–Crippen LogP) is 5.42. The Labute approximate surface area is 153 Å². The highest BCUT2D eigenvalue weighted by molar-refractivity contribution is 6.31. The van der Waals surface area contributed by atoms with Gasteiger partial charge in [0.1, 0.15) is 22.5 Å². The van der Waals surface area contributed by atoms with Crippen LogP contribution in [0.15, 0.2) is 30.3 Å². The van der Waals surface area contributed by atoms with E-state index in [0.29, 0.717) is 16.2 Å². The van der Waals surface area contributed by atoms with Gasteiger partial charge < -0.3 is 5.11 Å². The number of nitrogens with zero attached hydrogens (tertiary/aromatic N) is 3. The summed E-state index contributed by atoms with van der Waals surface area (Å²) in [6.45, 7) is 8.48. The van der Waals surface area contributed by atoms with Crippen LogP contribution in [0.3, 0.4) is 0 Å². The Morgan fingerprint density at radius 3 is 2.48 bits per heavy atom. The Hall–Kier alpha value is -2.07. The zero-order valence-electron chi connectivity index (χ0n) is 15.2. The second-order valence-electron chi connectivity index (χ2n) is 7.49. The number of rotatable bonds is 4. The first-order valence-corrected chi connectivity index (χ1v) is 9.06. The van der Waals surface area contributed by atoms with Gasteiger partial charge in [-0.25, -0.2) is 0 Å². The van der Waals surface area contributed by atoms with Crippen molar-refractivity contribution in [1.29, 1.82) is 0 Å². The molecule has 5 heteroatoms. The van der Waals surface area contributed by atoms with E-state index in [1.807, 2.05) is 12.1 Å². The molecule has 0 saturated heterocycles. The molecule has 1 N–H and O–H groups in total. The van der Waals surface area contributed by atoms with Gasteiger partial charge in [-0.3, -0.25) is 0 Å². The van der Waals surface area contributed by atoms with E-state index < -0.39 is 0 Å². The zero-order valence-corrected chi connectivity index (χ0v) is 15.9. The van der Waals surface area contributed by atoms with Crippen molar-refractivity contribution in [2.45, 2.75) is 52.4 Å². The molecule has 0 radical (unpaired) electrons. The van der Waals surface area contributed by atoms with Crippen molar-refractivity contribution in [3.05, 3.63) is 46.5 Å². The Morgan fingerprint density at radius 2 is 1.80 bits per heavy atom. The van der Waals surface area contributed by atoms with E-state index in [4.69, 9.17) is 11.6 Å².